The molecular formula is C6H6ClN3O2. The van der Waals surface area contributed by atoms with E-state index in [1.54, 1.807) is 0 Å². The summed E-state index contributed by atoms with van der Waals surface area (Å²) >= 11 is 5.49. The number of nitrogen functional groups attached to an aromatic ring is 1. The van der Waals surface area contributed by atoms with Crippen molar-refractivity contribution in [3.63, 3.8) is 0 Å². The van der Waals surface area contributed by atoms with Crippen molar-refractivity contribution in [1.82, 2.24) is 4.98 Å². The molecule has 12 heavy (non-hydrogen) atoms. The standard InChI is InChI=1S/C6H6ClN3O2/c7-5-4(6(9)12)2(8)1-3(11)10-5/h1H,(H2,9,12)(H3,8,10,11). The number of H-pyrrole nitrogens is 1. The van der Waals surface area contributed by atoms with Gasteiger partial charge in [0.05, 0.1) is 11.3 Å². The summed E-state index contributed by atoms with van der Waals surface area (Å²) in [7, 11) is 0. The van der Waals surface area contributed by atoms with Crippen LogP contribution in [0.3, 0.4) is 0 Å². The molecule has 0 saturated heterocycles. The topological polar surface area (TPSA) is 102 Å². The number of anilines is 1. The molecule has 0 aliphatic heterocycles. The minimum atomic E-state index is -0.770. The van der Waals surface area contributed by atoms with Crippen LogP contribution < -0.4 is 17.0 Å². The molecule has 1 heterocycles. The molecule has 1 aromatic rings. The number of amides is 1. The summed E-state index contributed by atoms with van der Waals surface area (Å²) in [4.78, 5) is 23.6. The van der Waals surface area contributed by atoms with Crippen LogP contribution in [0.5, 0.6) is 0 Å². The first-order valence-electron chi connectivity index (χ1n) is 3.00. The maximum Gasteiger partial charge on any atom is 0.253 e. The average molecular weight is 188 g/mol. The molecule has 1 amide bonds. The van der Waals surface area contributed by atoms with Gasteiger partial charge < -0.3 is 16.5 Å². The Morgan fingerprint density at radius 1 is 1.58 bits per heavy atom. The molecule has 0 aliphatic rings. The molecule has 0 atom stereocenters. The highest BCUT2D eigenvalue weighted by molar-refractivity contribution is 6.33. The minimum absolute atomic E-state index is 0.0174. The summed E-state index contributed by atoms with van der Waals surface area (Å²) in [5.74, 6) is -0.770. The zero-order valence-corrected chi connectivity index (χ0v) is 6.68. The Morgan fingerprint density at radius 2 is 2.17 bits per heavy atom. The predicted octanol–water partition coefficient (Wildman–Crippen LogP) is -0.291. The number of aromatic nitrogens is 1. The van der Waals surface area contributed by atoms with E-state index < -0.39 is 11.5 Å². The Kier molecular flexibility index (Phi) is 2.05. The fourth-order valence-corrected chi connectivity index (χ4v) is 1.09. The van der Waals surface area contributed by atoms with Crippen LogP contribution in [0.2, 0.25) is 5.15 Å². The van der Waals surface area contributed by atoms with Crippen LogP contribution in [0.1, 0.15) is 10.4 Å². The lowest BCUT2D eigenvalue weighted by atomic mass is 10.2. The van der Waals surface area contributed by atoms with Crippen LogP contribution in [0.4, 0.5) is 5.69 Å². The summed E-state index contributed by atoms with van der Waals surface area (Å²) in [6.45, 7) is 0. The second-order valence-corrected chi connectivity index (χ2v) is 2.52. The number of rotatable bonds is 1. The van der Waals surface area contributed by atoms with Gasteiger partial charge in [-0.2, -0.15) is 0 Å². The first-order valence-corrected chi connectivity index (χ1v) is 3.38. The molecule has 0 bridgehead atoms. The molecule has 0 saturated carbocycles. The maximum absolute atomic E-state index is 10.7. The van der Waals surface area contributed by atoms with E-state index >= 15 is 0 Å². The van der Waals surface area contributed by atoms with Crippen molar-refractivity contribution in [2.45, 2.75) is 0 Å². The molecule has 0 radical (unpaired) electrons. The average Bonchev–Trinajstić information content (AvgIpc) is 1.82. The SMILES string of the molecule is NC(=O)c1c(N)cc(=O)[nH]c1Cl. The largest absolute Gasteiger partial charge is 0.398 e. The third kappa shape index (κ3) is 1.40. The Hall–Kier alpha value is -1.49. The van der Waals surface area contributed by atoms with Gasteiger partial charge >= 0.3 is 0 Å². The van der Waals surface area contributed by atoms with Crippen molar-refractivity contribution in [1.29, 1.82) is 0 Å². The van der Waals surface area contributed by atoms with Crippen LogP contribution in [0.25, 0.3) is 0 Å². The molecule has 5 N–H and O–H groups in total. The van der Waals surface area contributed by atoms with E-state index in [-0.39, 0.29) is 16.4 Å². The van der Waals surface area contributed by atoms with Gasteiger partial charge in [0.1, 0.15) is 5.15 Å². The van der Waals surface area contributed by atoms with E-state index in [0.29, 0.717) is 0 Å². The molecule has 0 spiro atoms. The van der Waals surface area contributed by atoms with Crippen molar-refractivity contribution < 1.29 is 4.79 Å². The highest BCUT2D eigenvalue weighted by Crippen LogP contribution is 2.15. The van der Waals surface area contributed by atoms with Crippen molar-refractivity contribution >= 4 is 23.2 Å². The number of carbonyl (C=O) groups excluding carboxylic acids is 1. The van der Waals surface area contributed by atoms with Crippen LogP contribution in [0.15, 0.2) is 10.9 Å². The molecule has 1 rings (SSSR count). The van der Waals surface area contributed by atoms with Gasteiger partial charge in [-0.1, -0.05) is 11.6 Å². The monoisotopic (exact) mass is 187 g/mol. The van der Waals surface area contributed by atoms with Gasteiger partial charge in [-0.25, -0.2) is 0 Å². The third-order valence-corrected chi connectivity index (χ3v) is 1.56. The predicted molar refractivity (Wildman–Crippen MR) is 45.0 cm³/mol. The number of halogens is 1. The number of nitrogens with one attached hydrogen (secondary N) is 1. The number of hydrogen-bond donors (Lipinski definition) is 3. The fraction of sp³-hybridized carbons (Fsp3) is 0. The number of hydrogen-bond acceptors (Lipinski definition) is 3. The molecule has 64 valence electrons. The van der Waals surface area contributed by atoms with E-state index in [0.717, 1.165) is 6.07 Å². The van der Waals surface area contributed by atoms with E-state index in [4.69, 9.17) is 23.1 Å². The minimum Gasteiger partial charge on any atom is -0.398 e. The molecule has 6 heteroatoms. The molecular weight excluding hydrogens is 182 g/mol. The molecule has 5 nitrogen and oxygen atoms in total. The number of primary amides is 1. The van der Waals surface area contributed by atoms with E-state index in [1.807, 2.05) is 0 Å². The Bertz CT molecular complexity index is 359. The quantitative estimate of drug-likeness (QED) is 0.527. The number of carbonyl (C=O) groups is 1. The van der Waals surface area contributed by atoms with Crippen molar-refractivity contribution in [2.24, 2.45) is 5.73 Å². The van der Waals surface area contributed by atoms with Gasteiger partial charge in [0.25, 0.3) is 11.5 Å². The summed E-state index contributed by atoms with van der Waals surface area (Å²) in [6, 6.07) is 1.05. The zero-order chi connectivity index (χ0) is 9.30. The lowest BCUT2D eigenvalue weighted by Gasteiger charge is -2.01. The van der Waals surface area contributed by atoms with Crippen molar-refractivity contribution in [2.75, 3.05) is 5.73 Å². The molecule has 0 aliphatic carbocycles. The van der Waals surface area contributed by atoms with Crippen molar-refractivity contribution in [3.05, 3.63) is 27.1 Å². The summed E-state index contributed by atoms with van der Waals surface area (Å²) in [5.41, 5.74) is 9.71. The summed E-state index contributed by atoms with van der Waals surface area (Å²) < 4.78 is 0. The van der Waals surface area contributed by atoms with Crippen LogP contribution >= 0.6 is 11.6 Å². The molecule has 0 aromatic carbocycles. The number of aromatic amines is 1. The molecule has 0 fully saturated rings. The maximum atomic E-state index is 10.7. The van der Waals surface area contributed by atoms with Crippen LogP contribution in [-0.4, -0.2) is 10.9 Å². The smallest absolute Gasteiger partial charge is 0.253 e. The lowest BCUT2D eigenvalue weighted by molar-refractivity contribution is 0.100. The second kappa shape index (κ2) is 2.86. The first kappa shape index (κ1) is 8.61. The van der Waals surface area contributed by atoms with E-state index in [1.165, 1.54) is 0 Å². The zero-order valence-electron chi connectivity index (χ0n) is 5.93. The third-order valence-electron chi connectivity index (χ3n) is 1.27. The van der Waals surface area contributed by atoms with Gasteiger partial charge in [0.2, 0.25) is 0 Å². The van der Waals surface area contributed by atoms with E-state index in [9.17, 15) is 9.59 Å². The Balaban J connectivity index is 3.48. The van der Waals surface area contributed by atoms with Crippen molar-refractivity contribution in [3.8, 4) is 0 Å². The molecule has 0 unspecified atom stereocenters. The van der Waals surface area contributed by atoms with Gasteiger partial charge in [0, 0.05) is 6.07 Å². The highest BCUT2D eigenvalue weighted by Gasteiger charge is 2.11. The highest BCUT2D eigenvalue weighted by atomic mass is 35.5. The molecule has 1 aromatic heterocycles. The Morgan fingerprint density at radius 3 is 2.58 bits per heavy atom. The first-order chi connectivity index (χ1) is 5.52. The van der Waals surface area contributed by atoms with Gasteiger partial charge in [-0.05, 0) is 0 Å². The number of nitrogens with two attached hydrogens (primary N) is 2. The van der Waals surface area contributed by atoms with Gasteiger partial charge in [-0.3, -0.25) is 9.59 Å². The normalized spacial score (nSPS) is 9.75. The lowest BCUT2D eigenvalue weighted by Crippen LogP contribution is -2.18. The van der Waals surface area contributed by atoms with E-state index in [2.05, 4.69) is 4.98 Å². The fourth-order valence-electron chi connectivity index (χ4n) is 0.797. The summed E-state index contributed by atoms with van der Waals surface area (Å²) in [5, 5.41) is -0.132. The van der Waals surface area contributed by atoms with Crippen LogP contribution in [-0.2, 0) is 0 Å². The van der Waals surface area contributed by atoms with Gasteiger partial charge in [0.15, 0.2) is 0 Å². The number of pyridine rings is 1. The summed E-state index contributed by atoms with van der Waals surface area (Å²) in [6.07, 6.45) is 0. The second-order valence-electron chi connectivity index (χ2n) is 2.14. The Labute approximate surface area is 72.3 Å². The van der Waals surface area contributed by atoms with Gasteiger partial charge in [-0.15, -0.1) is 0 Å². The van der Waals surface area contributed by atoms with Crippen LogP contribution in [0, 0.1) is 0 Å².